The van der Waals surface area contributed by atoms with Crippen LogP contribution in [-0.2, 0) is 9.63 Å². The van der Waals surface area contributed by atoms with Gasteiger partial charge in [-0.2, -0.15) is 13.2 Å². The van der Waals surface area contributed by atoms with E-state index in [0.29, 0.717) is 18.9 Å². The Morgan fingerprint density at radius 3 is 2.53 bits per heavy atom. The smallest absolute Gasteiger partial charge is 0.330 e. The molecule has 4 nitrogen and oxygen atoms in total. The first-order valence-corrected chi connectivity index (χ1v) is 5.56. The van der Waals surface area contributed by atoms with Crippen LogP contribution in [0.25, 0.3) is 0 Å². The molecule has 0 aliphatic carbocycles. The number of hydrogen-bond donors (Lipinski definition) is 2. The fraction of sp³-hybridized carbons (Fsp3) is 0.900. The van der Waals surface area contributed by atoms with E-state index in [2.05, 4.69) is 4.84 Å². The lowest BCUT2D eigenvalue weighted by Crippen LogP contribution is -2.29. The molecular weight excluding hydrogens is 237 g/mol. The molecule has 0 heterocycles. The lowest BCUT2D eigenvalue weighted by molar-refractivity contribution is -0.191. The van der Waals surface area contributed by atoms with Crippen LogP contribution < -0.4 is 11.2 Å². The van der Waals surface area contributed by atoms with Crippen molar-refractivity contribution in [1.82, 2.24) is 5.48 Å². The van der Waals surface area contributed by atoms with Gasteiger partial charge in [-0.15, -0.1) is 0 Å². The number of nitrogens with one attached hydrogen (secondary N) is 1. The van der Waals surface area contributed by atoms with E-state index in [1.807, 2.05) is 6.92 Å². The monoisotopic (exact) mass is 256 g/mol. The van der Waals surface area contributed by atoms with Crippen molar-refractivity contribution in [3.63, 3.8) is 0 Å². The molecule has 0 radical (unpaired) electrons. The normalized spacial score (nSPS) is 13.5. The summed E-state index contributed by atoms with van der Waals surface area (Å²) in [5, 5.41) is 0. The van der Waals surface area contributed by atoms with E-state index in [0.717, 1.165) is 12.8 Å². The first kappa shape index (κ1) is 16.2. The van der Waals surface area contributed by atoms with Crippen LogP contribution in [0.5, 0.6) is 0 Å². The van der Waals surface area contributed by atoms with E-state index < -0.39 is 18.7 Å². The van der Waals surface area contributed by atoms with E-state index in [-0.39, 0.29) is 6.42 Å². The largest absolute Gasteiger partial charge is 0.414 e. The van der Waals surface area contributed by atoms with Crippen LogP contribution >= 0.6 is 0 Å². The molecule has 3 N–H and O–H groups in total. The van der Waals surface area contributed by atoms with Crippen molar-refractivity contribution < 1.29 is 22.8 Å². The van der Waals surface area contributed by atoms with E-state index >= 15 is 0 Å². The van der Waals surface area contributed by atoms with Crippen LogP contribution in [-0.4, -0.2) is 25.2 Å². The molecule has 17 heavy (non-hydrogen) atoms. The third kappa shape index (κ3) is 10.1. The molecule has 0 aromatic carbocycles. The van der Waals surface area contributed by atoms with Gasteiger partial charge in [-0.1, -0.05) is 13.3 Å². The fourth-order valence-corrected chi connectivity index (χ4v) is 1.37. The van der Waals surface area contributed by atoms with Crippen molar-refractivity contribution in [2.24, 2.45) is 11.7 Å². The molecule has 1 amide bonds. The predicted molar refractivity (Wildman–Crippen MR) is 56.8 cm³/mol. The van der Waals surface area contributed by atoms with Crippen LogP contribution in [0, 0.1) is 5.92 Å². The Balaban J connectivity index is 3.65. The van der Waals surface area contributed by atoms with Crippen LogP contribution in [0.3, 0.4) is 0 Å². The number of halogens is 3. The third-order valence-electron chi connectivity index (χ3n) is 2.35. The van der Waals surface area contributed by atoms with Crippen LogP contribution in [0.1, 0.15) is 32.6 Å². The van der Waals surface area contributed by atoms with Gasteiger partial charge in [0.2, 0.25) is 5.91 Å². The standard InChI is InChI=1S/C10H19F3N2O2/c1-2-8(5-6-14)3-4-9(16)15-17-7-10(11,12)13/h8H,2-7,14H2,1H3,(H,15,16). The Morgan fingerprint density at radius 2 is 2.06 bits per heavy atom. The zero-order valence-corrected chi connectivity index (χ0v) is 9.85. The van der Waals surface area contributed by atoms with Crippen LogP contribution in [0.2, 0.25) is 0 Å². The molecule has 0 fully saturated rings. The molecule has 0 rings (SSSR count). The molecule has 1 atom stereocenters. The number of alkyl halides is 3. The summed E-state index contributed by atoms with van der Waals surface area (Å²) in [5.41, 5.74) is 7.16. The second-order valence-corrected chi connectivity index (χ2v) is 3.82. The zero-order valence-electron chi connectivity index (χ0n) is 9.85. The number of hydroxylamine groups is 1. The van der Waals surface area contributed by atoms with E-state index in [9.17, 15) is 18.0 Å². The van der Waals surface area contributed by atoms with Crippen LogP contribution in [0.4, 0.5) is 13.2 Å². The molecule has 0 aromatic rings. The van der Waals surface area contributed by atoms with Gasteiger partial charge in [0.05, 0.1) is 0 Å². The molecule has 0 aliphatic heterocycles. The lowest BCUT2D eigenvalue weighted by atomic mass is 9.97. The maximum absolute atomic E-state index is 11.7. The summed E-state index contributed by atoms with van der Waals surface area (Å²) in [6, 6.07) is 0. The van der Waals surface area contributed by atoms with Crippen molar-refractivity contribution in [3.05, 3.63) is 0 Å². The lowest BCUT2D eigenvalue weighted by Gasteiger charge is -2.13. The minimum Gasteiger partial charge on any atom is -0.330 e. The first-order chi connectivity index (χ1) is 7.89. The second kappa shape index (κ2) is 8.30. The number of amides is 1. The molecule has 1 unspecified atom stereocenters. The van der Waals surface area contributed by atoms with E-state index in [4.69, 9.17) is 5.73 Å². The van der Waals surface area contributed by atoms with E-state index in [1.165, 1.54) is 0 Å². The Bertz CT molecular complexity index is 222. The Hall–Kier alpha value is -0.820. The highest BCUT2D eigenvalue weighted by atomic mass is 19.4. The zero-order chi connectivity index (χ0) is 13.3. The summed E-state index contributed by atoms with van der Waals surface area (Å²) in [5.74, 6) is -0.210. The van der Waals surface area contributed by atoms with Gasteiger partial charge in [0, 0.05) is 6.42 Å². The van der Waals surface area contributed by atoms with Gasteiger partial charge in [-0.25, -0.2) is 5.48 Å². The van der Waals surface area contributed by atoms with Crippen molar-refractivity contribution in [2.45, 2.75) is 38.8 Å². The molecular formula is C10H19F3N2O2. The summed E-state index contributed by atoms with van der Waals surface area (Å²) < 4.78 is 35.1. The second-order valence-electron chi connectivity index (χ2n) is 3.82. The average molecular weight is 256 g/mol. The van der Waals surface area contributed by atoms with Gasteiger partial charge in [0.15, 0.2) is 6.61 Å². The summed E-state index contributed by atoms with van der Waals surface area (Å²) in [6.45, 7) is 1.06. The molecule has 0 saturated heterocycles. The summed E-state index contributed by atoms with van der Waals surface area (Å²) in [6.07, 6.45) is -1.97. The fourth-order valence-electron chi connectivity index (χ4n) is 1.37. The van der Waals surface area contributed by atoms with Crippen molar-refractivity contribution in [2.75, 3.05) is 13.2 Å². The SMILES string of the molecule is CCC(CCN)CCC(=O)NOCC(F)(F)F. The van der Waals surface area contributed by atoms with Gasteiger partial charge in [-0.3, -0.25) is 9.63 Å². The summed E-state index contributed by atoms with van der Waals surface area (Å²) in [7, 11) is 0. The van der Waals surface area contributed by atoms with Gasteiger partial charge in [0.1, 0.15) is 0 Å². The topological polar surface area (TPSA) is 64.4 Å². The minimum absolute atomic E-state index is 0.149. The predicted octanol–water partition coefficient (Wildman–Crippen LogP) is 1.75. The Morgan fingerprint density at radius 1 is 1.41 bits per heavy atom. The maximum Gasteiger partial charge on any atom is 0.414 e. The average Bonchev–Trinajstić information content (AvgIpc) is 2.22. The number of carbonyl (C=O) groups is 1. The van der Waals surface area contributed by atoms with Crippen molar-refractivity contribution in [1.29, 1.82) is 0 Å². The van der Waals surface area contributed by atoms with Gasteiger partial charge < -0.3 is 5.73 Å². The molecule has 0 aliphatic rings. The molecule has 0 spiro atoms. The minimum atomic E-state index is -4.43. The Kier molecular flexibility index (Phi) is 7.90. The third-order valence-corrected chi connectivity index (χ3v) is 2.35. The highest BCUT2D eigenvalue weighted by Gasteiger charge is 2.28. The molecule has 102 valence electrons. The number of nitrogens with two attached hydrogens (primary N) is 1. The Labute approximate surface area is 98.6 Å². The number of carbonyl (C=O) groups excluding carboxylic acids is 1. The van der Waals surface area contributed by atoms with Crippen molar-refractivity contribution in [3.8, 4) is 0 Å². The van der Waals surface area contributed by atoms with Crippen molar-refractivity contribution >= 4 is 5.91 Å². The first-order valence-electron chi connectivity index (χ1n) is 5.56. The highest BCUT2D eigenvalue weighted by molar-refractivity contribution is 5.74. The van der Waals surface area contributed by atoms with Gasteiger partial charge in [0.25, 0.3) is 0 Å². The molecule has 0 aromatic heterocycles. The van der Waals surface area contributed by atoms with E-state index in [1.54, 1.807) is 5.48 Å². The van der Waals surface area contributed by atoms with Gasteiger partial charge in [-0.05, 0) is 25.3 Å². The summed E-state index contributed by atoms with van der Waals surface area (Å²) in [4.78, 5) is 15.2. The van der Waals surface area contributed by atoms with Crippen LogP contribution in [0.15, 0.2) is 0 Å². The summed E-state index contributed by atoms with van der Waals surface area (Å²) >= 11 is 0. The molecule has 0 bridgehead atoms. The quantitative estimate of drug-likeness (QED) is 0.650. The number of hydrogen-bond acceptors (Lipinski definition) is 3. The number of rotatable bonds is 8. The molecule has 7 heteroatoms. The molecule has 0 saturated carbocycles. The maximum atomic E-state index is 11.7. The highest BCUT2D eigenvalue weighted by Crippen LogP contribution is 2.15. The van der Waals surface area contributed by atoms with Gasteiger partial charge >= 0.3 is 6.18 Å².